The van der Waals surface area contributed by atoms with Crippen LogP contribution in [0.1, 0.15) is 5.56 Å². The third-order valence-corrected chi connectivity index (χ3v) is 2.38. The fraction of sp³-hybridized carbons (Fsp3) is 0.167. The first-order valence-corrected chi connectivity index (χ1v) is 4.27. The Morgan fingerprint density at radius 3 is 2.92 bits per heavy atom. The topological polar surface area (TPSA) is 63.6 Å². The van der Waals surface area contributed by atoms with Crippen molar-refractivity contribution in [1.82, 2.24) is 20.2 Å². The minimum atomic E-state index is -0.309. The molecule has 0 unspecified atom stereocenters. The monoisotopic (exact) mass is 182 g/mol. The molecule has 5 nitrogen and oxygen atoms in total. The number of hydrogen-bond donors (Lipinski definition) is 1. The Hall–Kier alpha value is -1.43. The highest BCUT2D eigenvalue weighted by Crippen LogP contribution is 2.15. The van der Waals surface area contributed by atoms with Crippen LogP contribution in [-0.2, 0) is 0 Å². The molecule has 1 N–H and O–H groups in total. The molecule has 0 atom stereocenters. The highest BCUT2D eigenvalue weighted by Gasteiger charge is 2.05. The number of rotatable bonds is 1. The first kappa shape index (κ1) is 7.23. The normalized spacial score (nSPS) is 10.4. The van der Waals surface area contributed by atoms with Crippen molar-refractivity contribution in [2.75, 3.05) is 0 Å². The van der Waals surface area contributed by atoms with Crippen LogP contribution < -0.4 is 5.69 Å². The van der Waals surface area contributed by atoms with Gasteiger partial charge in [-0.25, -0.2) is 9.89 Å². The minimum absolute atomic E-state index is 0.309. The van der Waals surface area contributed by atoms with Crippen LogP contribution in [0, 0.1) is 6.92 Å². The van der Waals surface area contributed by atoms with Crippen LogP contribution in [0.5, 0.6) is 0 Å². The average molecular weight is 182 g/mol. The lowest BCUT2D eigenvalue weighted by Gasteiger charge is -1.93. The van der Waals surface area contributed by atoms with Crippen LogP contribution in [0.15, 0.2) is 15.6 Å². The third kappa shape index (κ3) is 0.964. The molecule has 0 aliphatic carbocycles. The van der Waals surface area contributed by atoms with E-state index in [9.17, 15) is 4.79 Å². The number of aryl methyl sites for hydroxylation is 1. The fourth-order valence-electron chi connectivity index (χ4n) is 0.926. The zero-order valence-corrected chi connectivity index (χ0v) is 7.13. The minimum Gasteiger partial charge on any atom is -0.244 e. The Labute approximate surface area is 71.6 Å². The van der Waals surface area contributed by atoms with Crippen molar-refractivity contribution in [3.8, 4) is 5.69 Å². The summed E-state index contributed by atoms with van der Waals surface area (Å²) in [5, 5.41) is 13.1. The number of tetrazole rings is 1. The van der Waals surface area contributed by atoms with Crippen LogP contribution in [0.4, 0.5) is 0 Å². The lowest BCUT2D eigenvalue weighted by molar-refractivity contribution is 0.778. The van der Waals surface area contributed by atoms with E-state index in [-0.39, 0.29) is 5.69 Å². The molecule has 0 saturated carbocycles. The van der Waals surface area contributed by atoms with Gasteiger partial charge in [0.25, 0.3) is 0 Å². The Morgan fingerprint density at radius 1 is 1.58 bits per heavy atom. The van der Waals surface area contributed by atoms with E-state index in [1.54, 1.807) is 0 Å². The molecule has 2 aromatic heterocycles. The molecule has 62 valence electrons. The van der Waals surface area contributed by atoms with Crippen molar-refractivity contribution in [3.05, 3.63) is 26.8 Å². The van der Waals surface area contributed by atoms with Gasteiger partial charge < -0.3 is 0 Å². The molecule has 0 saturated heterocycles. The molecule has 2 rings (SSSR count). The summed E-state index contributed by atoms with van der Waals surface area (Å²) in [6.45, 7) is 1.92. The van der Waals surface area contributed by atoms with Crippen molar-refractivity contribution in [2.24, 2.45) is 0 Å². The molecule has 0 aromatic carbocycles. The first-order valence-electron chi connectivity index (χ1n) is 3.32. The van der Waals surface area contributed by atoms with E-state index in [2.05, 4.69) is 15.5 Å². The molecule has 0 bridgehead atoms. The lowest BCUT2D eigenvalue weighted by atomic mass is 10.3. The predicted octanol–water partition coefficient (Wildman–Crippen LogP) is 0.326. The second-order valence-corrected chi connectivity index (χ2v) is 3.10. The SMILES string of the molecule is Cc1cscc1-n1nn[nH]c1=O. The Kier molecular flexibility index (Phi) is 1.54. The standard InChI is InChI=1S/C6H6N4OS/c1-4-2-12-3-5(4)10-6(11)7-8-9-10/h2-3H,1H3,(H,7,9,11). The number of aromatic amines is 1. The largest absolute Gasteiger partial charge is 0.365 e. The summed E-state index contributed by atoms with van der Waals surface area (Å²) in [6.07, 6.45) is 0. The summed E-state index contributed by atoms with van der Waals surface area (Å²) in [5.74, 6) is 0. The smallest absolute Gasteiger partial charge is 0.244 e. The molecule has 6 heteroatoms. The number of hydrogen-bond acceptors (Lipinski definition) is 4. The summed E-state index contributed by atoms with van der Waals surface area (Å²) in [7, 11) is 0. The van der Waals surface area contributed by atoms with Gasteiger partial charge in [-0.3, -0.25) is 0 Å². The fourth-order valence-corrected chi connectivity index (χ4v) is 1.73. The zero-order chi connectivity index (χ0) is 8.55. The summed E-state index contributed by atoms with van der Waals surface area (Å²) in [4.78, 5) is 11.1. The van der Waals surface area contributed by atoms with Crippen LogP contribution in [0.3, 0.4) is 0 Å². The number of thiophene rings is 1. The van der Waals surface area contributed by atoms with Gasteiger partial charge in [0, 0.05) is 5.38 Å². The number of nitrogens with zero attached hydrogens (tertiary/aromatic N) is 3. The van der Waals surface area contributed by atoms with Gasteiger partial charge >= 0.3 is 5.69 Å². The second-order valence-electron chi connectivity index (χ2n) is 2.36. The maximum Gasteiger partial charge on any atom is 0.365 e. The van der Waals surface area contributed by atoms with E-state index in [4.69, 9.17) is 0 Å². The van der Waals surface area contributed by atoms with Gasteiger partial charge in [0.05, 0.1) is 5.69 Å². The van der Waals surface area contributed by atoms with E-state index in [0.717, 1.165) is 11.3 Å². The molecular formula is C6H6N4OS. The number of aromatic nitrogens is 4. The van der Waals surface area contributed by atoms with E-state index in [0.29, 0.717) is 0 Å². The molecule has 0 aliphatic heterocycles. The molecule has 2 aromatic rings. The predicted molar refractivity (Wildman–Crippen MR) is 44.6 cm³/mol. The second kappa shape index (κ2) is 2.56. The maximum absolute atomic E-state index is 11.1. The Morgan fingerprint density at radius 2 is 2.42 bits per heavy atom. The molecule has 2 heterocycles. The molecule has 0 fully saturated rings. The molecule has 12 heavy (non-hydrogen) atoms. The zero-order valence-electron chi connectivity index (χ0n) is 6.31. The molecule has 0 aliphatic rings. The Balaban J connectivity index is 2.65. The number of nitrogens with one attached hydrogen (secondary N) is 1. The quantitative estimate of drug-likeness (QED) is 0.691. The van der Waals surface area contributed by atoms with Crippen molar-refractivity contribution < 1.29 is 0 Å². The van der Waals surface area contributed by atoms with E-state index in [1.807, 2.05) is 17.7 Å². The van der Waals surface area contributed by atoms with Crippen molar-refractivity contribution in [1.29, 1.82) is 0 Å². The molecule has 0 amide bonds. The van der Waals surface area contributed by atoms with Crippen LogP contribution in [0.2, 0.25) is 0 Å². The van der Waals surface area contributed by atoms with Gasteiger partial charge in [-0.15, -0.1) is 11.3 Å². The molecular weight excluding hydrogens is 176 g/mol. The highest BCUT2D eigenvalue weighted by molar-refractivity contribution is 7.08. The molecule has 0 radical (unpaired) electrons. The Bertz CT molecular complexity index is 440. The van der Waals surface area contributed by atoms with Crippen LogP contribution in [0.25, 0.3) is 5.69 Å². The van der Waals surface area contributed by atoms with E-state index < -0.39 is 0 Å². The van der Waals surface area contributed by atoms with Gasteiger partial charge in [-0.05, 0) is 28.3 Å². The maximum atomic E-state index is 11.1. The van der Waals surface area contributed by atoms with Crippen LogP contribution >= 0.6 is 11.3 Å². The van der Waals surface area contributed by atoms with Gasteiger partial charge in [-0.1, -0.05) is 0 Å². The van der Waals surface area contributed by atoms with E-state index >= 15 is 0 Å². The van der Waals surface area contributed by atoms with Gasteiger partial charge in [0.15, 0.2) is 0 Å². The highest BCUT2D eigenvalue weighted by atomic mass is 32.1. The van der Waals surface area contributed by atoms with Crippen molar-refractivity contribution in [3.63, 3.8) is 0 Å². The summed E-state index contributed by atoms with van der Waals surface area (Å²) in [5.41, 5.74) is 1.51. The van der Waals surface area contributed by atoms with Gasteiger partial charge in [0.1, 0.15) is 0 Å². The van der Waals surface area contributed by atoms with Gasteiger partial charge in [0.2, 0.25) is 0 Å². The van der Waals surface area contributed by atoms with Crippen molar-refractivity contribution >= 4 is 11.3 Å². The molecule has 0 spiro atoms. The van der Waals surface area contributed by atoms with Crippen LogP contribution in [-0.4, -0.2) is 20.2 Å². The van der Waals surface area contributed by atoms with E-state index in [1.165, 1.54) is 16.0 Å². The first-order chi connectivity index (χ1) is 5.79. The average Bonchev–Trinajstić information content (AvgIpc) is 2.59. The lowest BCUT2D eigenvalue weighted by Crippen LogP contribution is -2.15. The summed E-state index contributed by atoms with van der Waals surface area (Å²) >= 11 is 1.53. The van der Waals surface area contributed by atoms with Gasteiger partial charge in [-0.2, -0.15) is 4.68 Å². The summed E-state index contributed by atoms with van der Waals surface area (Å²) in [6, 6.07) is 0. The van der Waals surface area contributed by atoms with Crippen molar-refractivity contribution in [2.45, 2.75) is 6.92 Å². The summed E-state index contributed by atoms with van der Waals surface area (Å²) < 4.78 is 1.24. The third-order valence-electron chi connectivity index (χ3n) is 1.53. The number of H-pyrrole nitrogens is 1.